The fourth-order valence-corrected chi connectivity index (χ4v) is 5.40. The summed E-state index contributed by atoms with van der Waals surface area (Å²) in [6.45, 7) is 3.97. The van der Waals surface area contributed by atoms with Crippen molar-refractivity contribution in [1.29, 1.82) is 0 Å². The number of aromatic nitrogens is 1. The van der Waals surface area contributed by atoms with Gasteiger partial charge in [0.1, 0.15) is 11.4 Å². The van der Waals surface area contributed by atoms with Gasteiger partial charge in [0.15, 0.2) is 0 Å². The average Bonchev–Trinajstić information content (AvgIpc) is 3.15. The minimum absolute atomic E-state index is 0.156. The van der Waals surface area contributed by atoms with Crippen molar-refractivity contribution in [2.45, 2.75) is 63.4 Å². The Morgan fingerprint density at radius 1 is 1.16 bits per heavy atom. The molecule has 3 heterocycles. The minimum Gasteiger partial charge on any atom is -0.431 e. The number of fused-ring (bicyclic) bond motifs is 3. The van der Waals surface area contributed by atoms with Crippen LogP contribution in [0, 0.1) is 0 Å². The molecule has 2 aliphatic heterocycles. The number of nitrogens with one attached hydrogen (secondary N) is 1. The fraction of sp³-hybridized carbons (Fsp3) is 0.417. The highest BCUT2D eigenvalue weighted by atomic mass is 32.1. The number of hydrogen-bond acceptors (Lipinski definition) is 6. The van der Waals surface area contributed by atoms with Crippen molar-refractivity contribution in [2.24, 2.45) is 0 Å². The zero-order valence-corrected chi connectivity index (χ0v) is 18.6. The first kappa shape index (κ1) is 20.4. The van der Waals surface area contributed by atoms with Gasteiger partial charge >= 0.3 is 0 Å². The van der Waals surface area contributed by atoms with Gasteiger partial charge in [-0.25, -0.2) is 4.98 Å². The molecule has 6 rings (SSSR count). The number of rotatable bonds is 6. The topological polar surface area (TPSA) is 74.7 Å². The van der Waals surface area contributed by atoms with Gasteiger partial charge in [0, 0.05) is 24.7 Å². The molecule has 3 fully saturated rings. The second-order valence-corrected chi connectivity index (χ2v) is 10.1. The van der Waals surface area contributed by atoms with Crippen LogP contribution in [-0.2, 0) is 11.3 Å². The lowest BCUT2D eigenvalue weighted by molar-refractivity contribution is -0.139. The minimum atomic E-state index is -1.32. The Kier molecular flexibility index (Phi) is 5.20. The molecule has 7 heteroatoms. The van der Waals surface area contributed by atoms with Gasteiger partial charge in [0.05, 0.1) is 10.2 Å². The largest absolute Gasteiger partial charge is 0.431 e. The van der Waals surface area contributed by atoms with E-state index < -0.39 is 5.60 Å². The number of aliphatic hydroxyl groups is 1. The predicted molar refractivity (Wildman–Crippen MR) is 121 cm³/mol. The molecule has 3 aliphatic rings. The number of amides is 1. The second-order valence-electron chi connectivity index (χ2n) is 9.11. The van der Waals surface area contributed by atoms with Gasteiger partial charge in [-0.3, -0.25) is 9.69 Å². The molecule has 162 valence electrons. The highest BCUT2D eigenvalue weighted by molar-refractivity contribution is 7.20. The van der Waals surface area contributed by atoms with Gasteiger partial charge in [-0.05, 0) is 62.9 Å². The summed E-state index contributed by atoms with van der Waals surface area (Å²) in [6, 6.07) is 17.4. The van der Waals surface area contributed by atoms with Crippen LogP contribution in [0.15, 0.2) is 48.5 Å². The summed E-state index contributed by atoms with van der Waals surface area (Å²) < 4.78 is 7.07. The molecule has 0 spiro atoms. The van der Waals surface area contributed by atoms with E-state index in [9.17, 15) is 9.90 Å². The number of para-hydroxylation sites is 1. The molecule has 1 aliphatic carbocycles. The maximum atomic E-state index is 12.1. The van der Waals surface area contributed by atoms with Crippen LogP contribution in [0.3, 0.4) is 0 Å². The van der Waals surface area contributed by atoms with Crippen LogP contribution in [0.4, 0.5) is 0 Å². The van der Waals surface area contributed by atoms with E-state index in [0.29, 0.717) is 17.3 Å². The van der Waals surface area contributed by atoms with E-state index in [1.807, 2.05) is 36.4 Å². The maximum Gasteiger partial charge on any atom is 0.279 e. The summed E-state index contributed by atoms with van der Waals surface area (Å²) in [5, 5.41) is 13.5. The van der Waals surface area contributed by atoms with Gasteiger partial charge < -0.3 is 15.2 Å². The van der Waals surface area contributed by atoms with E-state index in [0.717, 1.165) is 35.4 Å². The third-order valence-electron chi connectivity index (χ3n) is 6.25. The van der Waals surface area contributed by atoms with Crippen LogP contribution in [0.5, 0.6) is 10.9 Å². The predicted octanol–water partition coefficient (Wildman–Crippen LogP) is 4.08. The molecule has 1 amide bonds. The maximum absolute atomic E-state index is 12.1. The third-order valence-corrected chi connectivity index (χ3v) is 7.17. The van der Waals surface area contributed by atoms with Gasteiger partial charge in [-0.15, -0.1) is 0 Å². The van der Waals surface area contributed by atoms with Crippen molar-refractivity contribution in [3.05, 3.63) is 54.1 Å². The zero-order valence-electron chi connectivity index (χ0n) is 17.7. The summed E-state index contributed by atoms with van der Waals surface area (Å²) in [4.78, 5) is 19.1. The first-order valence-corrected chi connectivity index (χ1v) is 11.6. The monoisotopic (exact) mass is 437 g/mol. The molecular formula is C24H27N3O3S. The van der Waals surface area contributed by atoms with Crippen molar-refractivity contribution in [3.8, 4) is 10.9 Å². The molecule has 2 N–H and O–H groups in total. The average molecular weight is 438 g/mol. The lowest BCUT2D eigenvalue weighted by Gasteiger charge is -2.55. The Bertz CT molecular complexity index is 1040. The molecule has 6 nitrogen and oxygen atoms in total. The SMILES string of the molecule is CC(C)(O)C(=O)N[C@H]1CC2C[C@@H](C1)N2Cc1ccc(Oc2nc3ccccc3s2)cc1. The fourth-order valence-electron chi connectivity index (χ4n) is 4.57. The standard InChI is InChI=1S/C24H27N3O3S/c1-24(2,29)22(28)25-16-11-17-13-18(12-16)27(17)14-15-7-9-19(10-8-15)30-23-26-20-5-3-4-6-21(20)31-23/h3-10,16-18,29H,11-14H2,1-2H3,(H,25,28)/t16-,17-,18?/m1/s1. The number of hydrogen-bond donors (Lipinski definition) is 2. The number of carbonyl (C=O) groups excluding carboxylic acids is 1. The molecule has 1 saturated carbocycles. The van der Waals surface area contributed by atoms with Crippen LogP contribution in [-0.4, -0.2) is 44.6 Å². The Labute approximate surface area is 185 Å². The van der Waals surface area contributed by atoms with E-state index in [1.165, 1.54) is 25.8 Å². The number of carbonyl (C=O) groups is 1. The second kappa shape index (κ2) is 7.89. The van der Waals surface area contributed by atoms with E-state index in [4.69, 9.17) is 4.74 Å². The smallest absolute Gasteiger partial charge is 0.279 e. The molecular weight excluding hydrogens is 410 g/mol. The van der Waals surface area contributed by atoms with E-state index >= 15 is 0 Å². The summed E-state index contributed by atoms with van der Waals surface area (Å²) >= 11 is 1.55. The third kappa shape index (κ3) is 4.31. The lowest BCUT2D eigenvalue weighted by atomic mass is 9.76. The number of benzene rings is 2. The van der Waals surface area contributed by atoms with Gasteiger partial charge in [0.2, 0.25) is 0 Å². The summed E-state index contributed by atoms with van der Waals surface area (Å²) in [5.74, 6) is 0.509. The van der Waals surface area contributed by atoms with Crippen LogP contribution >= 0.6 is 11.3 Å². The highest BCUT2D eigenvalue weighted by Gasteiger charge is 2.45. The van der Waals surface area contributed by atoms with E-state index in [1.54, 1.807) is 11.3 Å². The van der Waals surface area contributed by atoms with Crippen molar-refractivity contribution in [3.63, 3.8) is 0 Å². The van der Waals surface area contributed by atoms with Crippen LogP contribution < -0.4 is 10.1 Å². The van der Waals surface area contributed by atoms with E-state index in [-0.39, 0.29) is 11.9 Å². The quantitative estimate of drug-likeness (QED) is 0.608. The number of thiazole rings is 1. The zero-order chi connectivity index (χ0) is 21.6. The molecule has 31 heavy (non-hydrogen) atoms. The summed E-state index contributed by atoms with van der Waals surface area (Å²) in [6.07, 6.45) is 3.07. The van der Waals surface area contributed by atoms with Gasteiger partial charge in [-0.1, -0.05) is 35.6 Å². The van der Waals surface area contributed by atoms with Crippen LogP contribution in [0.25, 0.3) is 10.2 Å². The highest BCUT2D eigenvalue weighted by Crippen LogP contribution is 2.39. The van der Waals surface area contributed by atoms with Crippen molar-refractivity contribution >= 4 is 27.5 Å². The van der Waals surface area contributed by atoms with Crippen molar-refractivity contribution < 1.29 is 14.6 Å². The van der Waals surface area contributed by atoms with Crippen molar-refractivity contribution in [2.75, 3.05) is 0 Å². The van der Waals surface area contributed by atoms with Crippen LogP contribution in [0.2, 0.25) is 0 Å². The molecule has 3 atom stereocenters. The first-order valence-electron chi connectivity index (χ1n) is 10.8. The Morgan fingerprint density at radius 2 is 1.87 bits per heavy atom. The molecule has 3 aromatic rings. The number of piperidine rings is 1. The molecule has 2 aromatic carbocycles. The molecule has 1 unspecified atom stereocenters. The van der Waals surface area contributed by atoms with Gasteiger partial charge in [-0.2, -0.15) is 0 Å². The number of ether oxygens (including phenoxy) is 1. The van der Waals surface area contributed by atoms with Crippen LogP contribution in [0.1, 0.15) is 38.7 Å². The number of nitrogens with zero attached hydrogens (tertiary/aromatic N) is 2. The summed E-state index contributed by atoms with van der Waals surface area (Å²) in [5.41, 5.74) is 0.891. The Morgan fingerprint density at radius 3 is 2.55 bits per heavy atom. The molecule has 0 radical (unpaired) electrons. The first-order chi connectivity index (χ1) is 14.8. The Hall–Kier alpha value is -2.48. The van der Waals surface area contributed by atoms with E-state index in [2.05, 4.69) is 27.3 Å². The summed E-state index contributed by atoms with van der Waals surface area (Å²) in [7, 11) is 0. The normalized spacial score (nSPS) is 23.4. The molecule has 2 saturated heterocycles. The van der Waals surface area contributed by atoms with Crippen molar-refractivity contribution in [1.82, 2.24) is 15.2 Å². The molecule has 1 aromatic heterocycles. The Balaban J connectivity index is 1.16. The van der Waals surface area contributed by atoms with Gasteiger partial charge in [0.25, 0.3) is 11.1 Å². The molecule has 2 bridgehead atoms. The lowest BCUT2D eigenvalue weighted by Crippen LogP contribution is -2.64.